The highest BCUT2D eigenvalue weighted by Crippen LogP contribution is 2.16. The number of benzene rings is 2. The van der Waals surface area contributed by atoms with Gasteiger partial charge in [-0.25, -0.2) is 9.59 Å². The lowest BCUT2D eigenvalue weighted by Gasteiger charge is -2.33. The molecule has 1 aliphatic heterocycles. The molecule has 202 valence electrons. The molecule has 9 heteroatoms. The number of hydrogen-bond donors (Lipinski definition) is 3. The number of carboxylic acids is 1. The third-order valence-corrected chi connectivity index (χ3v) is 5.91. The SMILES string of the molecule is CC(C)(C)OC(=O)N[C@H](Cc1ccccc1)C(=O)N[C@H](Cc1ccccc1)C(=O)N1CCC=C[C@@H]1C(=O)O. The van der Waals surface area contributed by atoms with Gasteiger partial charge in [0.2, 0.25) is 11.8 Å². The Morgan fingerprint density at radius 2 is 1.47 bits per heavy atom. The van der Waals surface area contributed by atoms with Gasteiger partial charge in [0, 0.05) is 19.4 Å². The Balaban J connectivity index is 1.86. The van der Waals surface area contributed by atoms with Crippen molar-refractivity contribution < 1.29 is 29.0 Å². The number of aliphatic carboxylic acids is 1. The molecule has 3 atom stereocenters. The first-order chi connectivity index (χ1) is 18.0. The molecule has 1 aliphatic rings. The number of carboxylic acid groups (broad SMARTS) is 1. The first-order valence-electron chi connectivity index (χ1n) is 12.6. The van der Waals surface area contributed by atoms with Gasteiger partial charge in [0.25, 0.3) is 0 Å². The molecule has 0 aromatic heterocycles. The van der Waals surface area contributed by atoms with Crippen LogP contribution >= 0.6 is 0 Å². The van der Waals surface area contributed by atoms with E-state index in [1.54, 1.807) is 26.8 Å². The summed E-state index contributed by atoms with van der Waals surface area (Å²) in [5, 5.41) is 15.1. The van der Waals surface area contributed by atoms with Gasteiger partial charge in [0.05, 0.1) is 0 Å². The van der Waals surface area contributed by atoms with E-state index in [9.17, 15) is 24.3 Å². The minimum Gasteiger partial charge on any atom is -0.479 e. The third-order valence-electron chi connectivity index (χ3n) is 5.91. The van der Waals surface area contributed by atoms with Gasteiger partial charge in [0.15, 0.2) is 0 Å². The Morgan fingerprint density at radius 1 is 0.921 bits per heavy atom. The zero-order chi connectivity index (χ0) is 27.7. The van der Waals surface area contributed by atoms with Gasteiger partial charge in [-0.05, 0) is 38.3 Å². The molecule has 38 heavy (non-hydrogen) atoms. The Morgan fingerprint density at radius 3 is 2.00 bits per heavy atom. The smallest absolute Gasteiger partial charge is 0.408 e. The van der Waals surface area contributed by atoms with E-state index >= 15 is 0 Å². The highest BCUT2D eigenvalue weighted by Gasteiger charge is 2.35. The lowest BCUT2D eigenvalue weighted by molar-refractivity contribution is -0.149. The molecular formula is C29H35N3O6. The Kier molecular flexibility index (Phi) is 9.65. The quantitative estimate of drug-likeness (QED) is 0.436. The number of amides is 3. The van der Waals surface area contributed by atoms with E-state index in [4.69, 9.17) is 4.74 Å². The van der Waals surface area contributed by atoms with Crippen molar-refractivity contribution >= 4 is 23.9 Å². The van der Waals surface area contributed by atoms with Crippen molar-refractivity contribution in [1.29, 1.82) is 0 Å². The van der Waals surface area contributed by atoms with E-state index in [1.807, 2.05) is 60.7 Å². The van der Waals surface area contributed by atoms with Crippen LogP contribution in [-0.4, -0.2) is 64.2 Å². The molecule has 0 saturated carbocycles. The molecule has 3 rings (SSSR count). The van der Waals surface area contributed by atoms with Crippen LogP contribution in [0.3, 0.4) is 0 Å². The number of nitrogens with one attached hydrogen (secondary N) is 2. The summed E-state index contributed by atoms with van der Waals surface area (Å²) in [5.41, 5.74) is 0.837. The van der Waals surface area contributed by atoms with Crippen molar-refractivity contribution in [3.63, 3.8) is 0 Å². The minimum atomic E-state index is -1.15. The monoisotopic (exact) mass is 521 g/mol. The lowest BCUT2D eigenvalue weighted by atomic mass is 10.0. The van der Waals surface area contributed by atoms with Crippen LogP contribution in [0.15, 0.2) is 72.8 Å². The van der Waals surface area contributed by atoms with E-state index in [0.717, 1.165) is 11.1 Å². The average molecular weight is 522 g/mol. The summed E-state index contributed by atoms with van der Waals surface area (Å²) in [7, 11) is 0. The van der Waals surface area contributed by atoms with E-state index in [-0.39, 0.29) is 19.4 Å². The number of alkyl carbamates (subject to hydrolysis) is 1. The molecule has 0 radical (unpaired) electrons. The predicted octanol–water partition coefficient (Wildman–Crippen LogP) is 3.09. The van der Waals surface area contributed by atoms with Gasteiger partial charge in [-0.15, -0.1) is 0 Å². The van der Waals surface area contributed by atoms with Crippen LogP contribution in [0.25, 0.3) is 0 Å². The summed E-state index contributed by atoms with van der Waals surface area (Å²) in [6.45, 7) is 5.38. The fraction of sp³-hybridized carbons (Fsp3) is 0.379. The van der Waals surface area contributed by atoms with Crippen LogP contribution in [0, 0.1) is 0 Å². The summed E-state index contributed by atoms with van der Waals surface area (Å²) in [6, 6.07) is 15.1. The molecule has 0 bridgehead atoms. The van der Waals surface area contributed by atoms with Gasteiger partial charge in [-0.2, -0.15) is 0 Å². The lowest BCUT2D eigenvalue weighted by Crippen LogP contribution is -2.58. The van der Waals surface area contributed by atoms with Crippen molar-refractivity contribution in [2.75, 3.05) is 6.54 Å². The third kappa shape index (κ3) is 8.47. The van der Waals surface area contributed by atoms with Crippen LogP contribution in [0.4, 0.5) is 4.79 Å². The Labute approximate surface area is 222 Å². The maximum atomic E-state index is 13.6. The molecule has 2 aromatic rings. The Hall–Kier alpha value is -4.14. The summed E-state index contributed by atoms with van der Waals surface area (Å²) < 4.78 is 5.36. The maximum Gasteiger partial charge on any atom is 0.408 e. The second-order valence-corrected chi connectivity index (χ2v) is 10.2. The molecule has 9 nitrogen and oxygen atoms in total. The van der Waals surface area contributed by atoms with Crippen LogP contribution < -0.4 is 10.6 Å². The normalized spacial score (nSPS) is 16.7. The fourth-order valence-corrected chi connectivity index (χ4v) is 4.18. The summed E-state index contributed by atoms with van der Waals surface area (Å²) in [5.74, 6) is -2.23. The molecule has 3 N–H and O–H groups in total. The molecule has 0 aliphatic carbocycles. The summed E-state index contributed by atoms with van der Waals surface area (Å²) in [6.07, 6.45) is 3.29. The zero-order valence-corrected chi connectivity index (χ0v) is 21.9. The molecule has 2 aromatic carbocycles. The van der Waals surface area contributed by atoms with E-state index < -0.39 is 47.6 Å². The van der Waals surface area contributed by atoms with Crippen molar-refractivity contribution in [2.45, 2.75) is 63.8 Å². The van der Waals surface area contributed by atoms with Crippen LogP contribution in [-0.2, 0) is 32.0 Å². The van der Waals surface area contributed by atoms with Gasteiger partial charge in [0.1, 0.15) is 23.7 Å². The molecule has 3 amide bonds. The van der Waals surface area contributed by atoms with Gasteiger partial charge >= 0.3 is 12.1 Å². The fourth-order valence-electron chi connectivity index (χ4n) is 4.18. The standard InChI is InChI=1S/C29H35N3O6/c1-29(2,3)38-28(37)31-22(18-20-12-6-4-7-13-20)25(33)30-23(19-21-14-8-5-9-15-21)26(34)32-17-11-10-16-24(32)27(35)36/h4-10,12-16,22-24H,11,17-19H2,1-3H3,(H,30,33)(H,31,37)(H,35,36)/t22-,23-,24-/m1/s1. The van der Waals surface area contributed by atoms with Crippen molar-refractivity contribution in [1.82, 2.24) is 15.5 Å². The number of ether oxygens (including phenoxy) is 1. The molecule has 0 fully saturated rings. The molecular weight excluding hydrogens is 486 g/mol. The second kappa shape index (κ2) is 12.9. The first-order valence-corrected chi connectivity index (χ1v) is 12.6. The van der Waals surface area contributed by atoms with E-state index in [2.05, 4.69) is 10.6 Å². The van der Waals surface area contributed by atoms with Crippen molar-refractivity contribution in [2.24, 2.45) is 0 Å². The zero-order valence-electron chi connectivity index (χ0n) is 21.9. The van der Waals surface area contributed by atoms with Crippen LogP contribution in [0.5, 0.6) is 0 Å². The van der Waals surface area contributed by atoms with Crippen molar-refractivity contribution in [3.8, 4) is 0 Å². The average Bonchev–Trinajstić information content (AvgIpc) is 2.87. The van der Waals surface area contributed by atoms with E-state index in [1.165, 1.54) is 11.0 Å². The highest BCUT2D eigenvalue weighted by molar-refractivity contribution is 5.93. The summed E-state index contributed by atoms with van der Waals surface area (Å²) >= 11 is 0. The number of hydrogen-bond acceptors (Lipinski definition) is 5. The van der Waals surface area contributed by atoms with Crippen molar-refractivity contribution in [3.05, 3.63) is 83.9 Å². The molecule has 0 saturated heterocycles. The van der Waals surface area contributed by atoms with Crippen LogP contribution in [0.2, 0.25) is 0 Å². The Bertz CT molecular complexity index is 1140. The molecule has 0 spiro atoms. The summed E-state index contributed by atoms with van der Waals surface area (Å²) in [4.78, 5) is 52.9. The predicted molar refractivity (Wildman–Crippen MR) is 142 cm³/mol. The van der Waals surface area contributed by atoms with Gasteiger partial charge in [-0.1, -0.05) is 72.8 Å². The number of rotatable bonds is 9. The molecule has 1 heterocycles. The largest absolute Gasteiger partial charge is 0.479 e. The topological polar surface area (TPSA) is 125 Å². The number of nitrogens with zero attached hydrogens (tertiary/aromatic N) is 1. The van der Waals surface area contributed by atoms with Gasteiger partial charge in [-0.3, -0.25) is 9.59 Å². The first kappa shape index (κ1) is 28.4. The van der Waals surface area contributed by atoms with E-state index in [0.29, 0.717) is 6.42 Å². The highest BCUT2D eigenvalue weighted by atomic mass is 16.6. The van der Waals surface area contributed by atoms with Gasteiger partial charge < -0.3 is 25.4 Å². The minimum absolute atomic E-state index is 0.155. The molecule has 0 unspecified atom stereocenters. The van der Waals surface area contributed by atoms with Crippen LogP contribution in [0.1, 0.15) is 38.3 Å². The maximum absolute atomic E-state index is 13.6. The number of carbonyl (C=O) groups excluding carboxylic acids is 3. The number of carbonyl (C=O) groups is 4. The second-order valence-electron chi connectivity index (χ2n) is 10.2.